The standard InChI is InChI=1S/C16H16N4O3/c17-14-10-5-8-1-2-9(22-4-3-21)6-12(8)23-16(10)20-15(18)13(14)11-7-19-11/h1-2,6,21H,3-5,7H2,(H4,17,18,20). The maximum Gasteiger partial charge on any atom is 0.226 e. The molecule has 2 aromatic rings. The highest BCUT2D eigenvalue weighted by atomic mass is 16.5. The molecule has 7 heteroatoms. The molecular formula is C16H16N4O3. The van der Waals surface area contributed by atoms with Gasteiger partial charge in [-0.3, -0.25) is 4.99 Å². The van der Waals surface area contributed by atoms with Gasteiger partial charge in [-0.25, -0.2) is 0 Å². The Bertz CT molecular complexity index is 833. The molecule has 1 aromatic heterocycles. The van der Waals surface area contributed by atoms with E-state index in [1.54, 1.807) is 6.07 Å². The maximum absolute atomic E-state index is 8.83. The Balaban J connectivity index is 1.71. The van der Waals surface area contributed by atoms with Crippen molar-refractivity contribution in [3.05, 3.63) is 34.9 Å². The van der Waals surface area contributed by atoms with Gasteiger partial charge in [-0.1, -0.05) is 6.07 Å². The Kier molecular flexibility index (Phi) is 3.09. The molecule has 4 rings (SSSR count). The normalized spacial score (nSPS) is 14.4. The number of pyridine rings is 1. The highest BCUT2D eigenvalue weighted by Gasteiger charge is 2.28. The molecule has 23 heavy (non-hydrogen) atoms. The molecule has 7 nitrogen and oxygen atoms in total. The fourth-order valence-corrected chi connectivity index (χ4v) is 2.72. The van der Waals surface area contributed by atoms with E-state index >= 15 is 0 Å². The van der Waals surface area contributed by atoms with Gasteiger partial charge in [0.1, 0.15) is 23.9 Å². The predicted molar refractivity (Wildman–Crippen MR) is 86.4 cm³/mol. The van der Waals surface area contributed by atoms with Crippen LogP contribution in [0.1, 0.15) is 16.7 Å². The van der Waals surface area contributed by atoms with E-state index in [-0.39, 0.29) is 13.2 Å². The van der Waals surface area contributed by atoms with Crippen molar-refractivity contribution in [1.29, 1.82) is 0 Å². The largest absolute Gasteiger partial charge is 0.491 e. The first-order valence-corrected chi connectivity index (χ1v) is 7.33. The van der Waals surface area contributed by atoms with E-state index < -0.39 is 0 Å². The van der Waals surface area contributed by atoms with Gasteiger partial charge in [0.25, 0.3) is 0 Å². The van der Waals surface area contributed by atoms with Gasteiger partial charge in [-0.2, -0.15) is 4.98 Å². The predicted octanol–water partition coefficient (Wildman–Crippen LogP) is 1.12. The number of hydrogen-bond donors (Lipinski definition) is 3. The third-order valence-corrected chi connectivity index (χ3v) is 3.91. The SMILES string of the molecule is Nc1nc2c(c(N)c1C1=NC1)Cc1ccc(OCCO)cc1O2. The van der Waals surface area contributed by atoms with E-state index in [4.69, 9.17) is 26.0 Å². The maximum atomic E-state index is 8.83. The highest BCUT2D eigenvalue weighted by Crippen LogP contribution is 2.42. The van der Waals surface area contributed by atoms with Gasteiger partial charge in [-0.15, -0.1) is 0 Å². The molecule has 2 aliphatic rings. The number of aliphatic hydroxyl groups excluding tert-OH is 1. The average Bonchev–Trinajstić information content (AvgIpc) is 3.36. The molecule has 0 atom stereocenters. The quantitative estimate of drug-likeness (QED) is 0.664. The highest BCUT2D eigenvalue weighted by molar-refractivity contribution is 6.16. The van der Waals surface area contributed by atoms with Crippen LogP contribution >= 0.6 is 0 Å². The zero-order valence-electron chi connectivity index (χ0n) is 12.4. The Morgan fingerprint density at radius 1 is 1.30 bits per heavy atom. The van der Waals surface area contributed by atoms with Gasteiger partial charge in [0.2, 0.25) is 5.88 Å². The molecule has 0 aliphatic carbocycles. The summed E-state index contributed by atoms with van der Waals surface area (Å²) in [6.07, 6.45) is 0.615. The summed E-state index contributed by atoms with van der Waals surface area (Å²) in [4.78, 5) is 8.51. The van der Waals surface area contributed by atoms with Crippen molar-refractivity contribution in [2.24, 2.45) is 4.99 Å². The summed E-state index contributed by atoms with van der Waals surface area (Å²) in [5.41, 5.74) is 16.3. The Morgan fingerprint density at radius 2 is 2.13 bits per heavy atom. The lowest BCUT2D eigenvalue weighted by Gasteiger charge is -2.22. The number of rotatable bonds is 4. The summed E-state index contributed by atoms with van der Waals surface area (Å²) in [5.74, 6) is 2.06. The van der Waals surface area contributed by atoms with Gasteiger partial charge in [0.05, 0.1) is 30.1 Å². The molecular weight excluding hydrogens is 296 g/mol. The van der Waals surface area contributed by atoms with Crippen molar-refractivity contribution in [2.45, 2.75) is 6.42 Å². The van der Waals surface area contributed by atoms with Crippen LogP contribution in [-0.4, -0.2) is 35.6 Å². The van der Waals surface area contributed by atoms with Gasteiger partial charge in [0, 0.05) is 18.1 Å². The number of nitrogens with zero attached hydrogens (tertiary/aromatic N) is 2. The molecule has 0 radical (unpaired) electrons. The number of benzene rings is 1. The number of nitrogen functional groups attached to an aromatic ring is 2. The van der Waals surface area contributed by atoms with Crippen molar-refractivity contribution >= 4 is 17.2 Å². The van der Waals surface area contributed by atoms with E-state index in [1.807, 2.05) is 12.1 Å². The Morgan fingerprint density at radius 3 is 2.87 bits per heavy atom. The summed E-state index contributed by atoms with van der Waals surface area (Å²) in [6.45, 7) is 0.860. The number of hydrogen-bond acceptors (Lipinski definition) is 7. The molecule has 118 valence electrons. The Hall–Kier alpha value is -2.80. The van der Waals surface area contributed by atoms with Gasteiger partial charge < -0.3 is 26.0 Å². The van der Waals surface area contributed by atoms with E-state index in [2.05, 4.69) is 9.98 Å². The second-order valence-corrected chi connectivity index (χ2v) is 5.45. The topological polar surface area (TPSA) is 116 Å². The van der Waals surface area contributed by atoms with E-state index in [0.29, 0.717) is 41.8 Å². The summed E-state index contributed by atoms with van der Waals surface area (Å²) in [6, 6.07) is 5.55. The van der Waals surface area contributed by atoms with Crippen LogP contribution in [0.4, 0.5) is 11.5 Å². The summed E-state index contributed by atoms with van der Waals surface area (Å²) < 4.78 is 11.3. The van der Waals surface area contributed by atoms with Crippen LogP contribution in [0.25, 0.3) is 0 Å². The van der Waals surface area contributed by atoms with Gasteiger partial charge >= 0.3 is 0 Å². The number of anilines is 2. The minimum atomic E-state index is -0.0396. The van der Waals surface area contributed by atoms with Crippen molar-refractivity contribution in [3.8, 4) is 17.4 Å². The van der Waals surface area contributed by atoms with Crippen molar-refractivity contribution < 1.29 is 14.6 Å². The minimum Gasteiger partial charge on any atom is -0.491 e. The van der Waals surface area contributed by atoms with Crippen molar-refractivity contribution in [3.63, 3.8) is 0 Å². The molecule has 1 aromatic carbocycles. The number of aliphatic hydroxyl groups is 1. The number of aromatic nitrogens is 1. The molecule has 0 spiro atoms. The number of ether oxygens (including phenoxy) is 2. The smallest absolute Gasteiger partial charge is 0.226 e. The minimum absolute atomic E-state index is 0.0396. The second-order valence-electron chi connectivity index (χ2n) is 5.45. The molecule has 0 amide bonds. The van der Waals surface area contributed by atoms with Crippen LogP contribution in [0, 0.1) is 0 Å². The average molecular weight is 312 g/mol. The van der Waals surface area contributed by atoms with Crippen LogP contribution in [0.2, 0.25) is 0 Å². The molecule has 2 aliphatic heterocycles. The number of nitrogens with two attached hydrogens (primary N) is 2. The fraction of sp³-hybridized carbons (Fsp3) is 0.250. The summed E-state index contributed by atoms with van der Waals surface area (Å²) in [5, 5.41) is 8.83. The number of fused-ring (bicyclic) bond motifs is 2. The summed E-state index contributed by atoms with van der Waals surface area (Å²) in [7, 11) is 0. The molecule has 5 N–H and O–H groups in total. The second kappa shape index (κ2) is 5.13. The van der Waals surface area contributed by atoms with Crippen LogP contribution < -0.4 is 20.9 Å². The fourth-order valence-electron chi connectivity index (χ4n) is 2.72. The first kappa shape index (κ1) is 13.8. The van der Waals surface area contributed by atoms with Crippen LogP contribution in [0.5, 0.6) is 17.4 Å². The lowest BCUT2D eigenvalue weighted by molar-refractivity contribution is 0.201. The molecule has 3 heterocycles. The lowest BCUT2D eigenvalue weighted by Crippen LogP contribution is -2.14. The van der Waals surface area contributed by atoms with E-state index in [0.717, 1.165) is 22.4 Å². The number of aliphatic imine (C=N–C) groups is 1. The van der Waals surface area contributed by atoms with Crippen molar-refractivity contribution in [2.75, 3.05) is 31.2 Å². The Labute approximate surface area is 132 Å². The van der Waals surface area contributed by atoms with Gasteiger partial charge in [0.15, 0.2) is 0 Å². The summed E-state index contributed by atoms with van der Waals surface area (Å²) >= 11 is 0. The molecule has 0 fully saturated rings. The molecule has 0 unspecified atom stereocenters. The van der Waals surface area contributed by atoms with Crippen LogP contribution in [0.15, 0.2) is 23.2 Å². The molecule has 0 bridgehead atoms. The van der Waals surface area contributed by atoms with Crippen molar-refractivity contribution in [1.82, 2.24) is 4.98 Å². The first-order valence-electron chi connectivity index (χ1n) is 7.33. The first-order chi connectivity index (χ1) is 11.2. The lowest BCUT2D eigenvalue weighted by atomic mass is 9.98. The van der Waals surface area contributed by atoms with E-state index in [9.17, 15) is 0 Å². The van der Waals surface area contributed by atoms with Crippen LogP contribution in [-0.2, 0) is 6.42 Å². The monoisotopic (exact) mass is 312 g/mol. The third kappa shape index (κ3) is 2.35. The van der Waals surface area contributed by atoms with Gasteiger partial charge in [-0.05, 0) is 11.6 Å². The zero-order chi connectivity index (χ0) is 16.0. The molecule has 0 saturated carbocycles. The molecule has 0 saturated heterocycles. The zero-order valence-corrected chi connectivity index (χ0v) is 12.4. The third-order valence-electron chi connectivity index (χ3n) is 3.91. The van der Waals surface area contributed by atoms with E-state index in [1.165, 1.54) is 0 Å². The van der Waals surface area contributed by atoms with Crippen LogP contribution in [0.3, 0.4) is 0 Å².